The van der Waals surface area contributed by atoms with Crippen LogP contribution in [0.2, 0.25) is 5.02 Å². The van der Waals surface area contributed by atoms with Crippen molar-refractivity contribution in [1.29, 1.82) is 0 Å². The molecule has 1 rings (SSSR count). The summed E-state index contributed by atoms with van der Waals surface area (Å²) in [6.07, 6.45) is -13.3. The van der Waals surface area contributed by atoms with Crippen molar-refractivity contribution in [3.8, 4) is 0 Å². The zero-order valence-electron chi connectivity index (χ0n) is 10.3. The molecule has 0 aliphatic carbocycles. The summed E-state index contributed by atoms with van der Waals surface area (Å²) in [5, 5.41) is 12.7. The number of aliphatic hydroxyl groups is 1. The topological polar surface area (TPSA) is 38.0 Å². The highest BCUT2D eigenvalue weighted by atomic mass is 35.5. The first-order chi connectivity index (χ1) is 8.87. The molecule has 1 atom stereocenters. The van der Waals surface area contributed by atoms with Gasteiger partial charge in [-0.15, -0.1) is 0 Å². The molecule has 0 bridgehead atoms. The number of halogens is 7. The van der Waals surface area contributed by atoms with Crippen LogP contribution in [0.25, 0.3) is 0 Å². The van der Waals surface area contributed by atoms with Gasteiger partial charge in [0.25, 0.3) is 0 Å². The zero-order valence-corrected chi connectivity index (χ0v) is 11.1. The Morgan fingerprint density at radius 2 is 1.60 bits per heavy atom. The second-order valence-corrected chi connectivity index (χ2v) is 4.83. The monoisotopic (exact) mass is 324 g/mol. The number of aliphatic hydroxyl groups excluding tert-OH is 1. The van der Waals surface area contributed by atoms with E-state index in [1.165, 1.54) is 13.8 Å². The van der Waals surface area contributed by atoms with E-state index >= 15 is 0 Å². The molecule has 1 unspecified atom stereocenters. The van der Waals surface area contributed by atoms with E-state index in [0.717, 1.165) is 10.9 Å². The minimum absolute atomic E-state index is 0.454. The van der Waals surface area contributed by atoms with Gasteiger partial charge in [0, 0.05) is 6.04 Å². The molecule has 1 N–H and O–H groups in total. The fourth-order valence-corrected chi connectivity index (χ4v) is 1.98. The summed E-state index contributed by atoms with van der Waals surface area (Å²) in [5.74, 6) is -3.93. The van der Waals surface area contributed by atoms with E-state index < -0.39 is 41.1 Å². The van der Waals surface area contributed by atoms with Gasteiger partial charge in [0.1, 0.15) is 6.10 Å². The van der Waals surface area contributed by atoms with Gasteiger partial charge < -0.3 is 5.11 Å². The summed E-state index contributed by atoms with van der Waals surface area (Å²) < 4.78 is 76.3. The number of aromatic nitrogens is 2. The SMILES string of the molecule is CC(C)n1ncc(Cl)c1C(O)C(C(F)(F)F)C(F)(F)F. The van der Waals surface area contributed by atoms with Gasteiger partial charge in [-0.1, -0.05) is 11.6 Å². The lowest BCUT2D eigenvalue weighted by Crippen LogP contribution is -2.41. The number of nitrogens with zero attached hydrogens (tertiary/aromatic N) is 2. The number of hydrogen-bond donors (Lipinski definition) is 1. The highest BCUT2D eigenvalue weighted by Crippen LogP contribution is 2.47. The van der Waals surface area contributed by atoms with Gasteiger partial charge in [-0.05, 0) is 13.8 Å². The van der Waals surface area contributed by atoms with Crippen LogP contribution in [0.3, 0.4) is 0 Å². The van der Waals surface area contributed by atoms with Crippen LogP contribution in [0.15, 0.2) is 6.20 Å². The van der Waals surface area contributed by atoms with E-state index in [2.05, 4.69) is 5.10 Å². The van der Waals surface area contributed by atoms with E-state index in [-0.39, 0.29) is 0 Å². The van der Waals surface area contributed by atoms with Crippen LogP contribution in [0, 0.1) is 5.92 Å². The Balaban J connectivity index is 3.34. The van der Waals surface area contributed by atoms with Crippen molar-refractivity contribution in [3.63, 3.8) is 0 Å². The molecule has 20 heavy (non-hydrogen) atoms. The van der Waals surface area contributed by atoms with Crippen molar-refractivity contribution in [3.05, 3.63) is 16.9 Å². The molecule has 0 fully saturated rings. The summed E-state index contributed by atoms with van der Waals surface area (Å²) in [7, 11) is 0. The molecule has 1 aromatic heterocycles. The van der Waals surface area contributed by atoms with Crippen LogP contribution < -0.4 is 0 Å². The second kappa shape index (κ2) is 5.44. The summed E-state index contributed by atoms with van der Waals surface area (Å²) >= 11 is 5.55. The van der Waals surface area contributed by atoms with Crippen molar-refractivity contribution in [1.82, 2.24) is 9.78 Å². The molecular formula is C10H11ClF6N2O. The normalized spacial score (nSPS) is 15.2. The molecular weight excluding hydrogens is 314 g/mol. The molecule has 0 radical (unpaired) electrons. The summed E-state index contributed by atoms with van der Waals surface area (Å²) in [6.45, 7) is 2.96. The van der Waals surface area contributed by atoms with Crippen LogP contribution in [-0.2, 0) is 0 Å². The molecule has 0 saturated heterocycles. The fourth-order valence-electron chi connectivity index (χ4n) is 1.74. The van der Waals surface area contributed by atoms with E-state index in [1.54, 1.807) is 0 Å². The third-order valence-corrected chi connectivity index (χ3v) is 2.87. The van der Waals surface area contributed by atoms with Gasteiger partial charge in [0.05, 0.1) is 16.9 Å². The molecule has 0 aliphatic heterocycles. The lowest BCUT2D eigenvalue weighted by atomic mass is 9.98. The number of alkyl halides is 6. The Kier molecular flexibility index (Phi) is 4.65. The lowest BCUT2D eigenvalue weighted by Gasteiger charge is -2.28. The standard InChI is InChI=1S/C10H11ClF6N2O/c1-4(2)19-6(5(11)3-18-19)7(20)8(9(12,13)14)10(15,16)17/h3-4,7-8,20H,1-2H3. The maximum Gasteiger partial charge on any atom is 0.403 e. The van der Waals surface area contributed by atoms with E-state index in [1.807, 2.05) is 0 Å². The van der Waals surface area contributed by atoms with Crippen LogP contribution >= 0.6 is 11.6 Å². The summed E-state index contributed by atoms with van der Waals surface area (Å²) in [5.41, 5.74) is -0.707. The van der Waals surface area contributed by atoms with Crippen molar-refractivity contribution >= 4 is 11.6 Å². The Morgan fingerprint density at radius 3 is 1.95 bits per heavy atom. The van der Waals surface area contributed by atoms with Crippen molar-refractivity contribution in [2.24, 2.45) is 5.92 Å². The first-order valence-corrected chi connectivity index (χ1v) is 5.79. The molecule has 10 heteroatoms. The van der Waals surface area contributed by atoms with Gasteiger partial charge in [-0.3, -0.25) is 4.68 Å². The molecule has 1 aromatic rings. The average molecular weight is 325 g/mol. The molecule has 0 spiro atoms. The number of rotatable bonds is 3. The first kappa shape index (κ1) is 17.1. The van der Waals surface area contributed by atoms with Gasteiger partial charge in [-0.2, -0.15) is 31.4 Å². The maximum atomic E-state index is 12.6. The molecule has 3 nitrogen and oxygen atoms in total. The minimum atomic E-state index is -5.66. The molecule has 0 amide bonds. The molecule has 0 saturated carbocycles. The van der Waals surface area contributed by atoms with Crippen LogP contribution in [0.1, 0.15) is 31.7 Å². The first-order valence-electron chi connectivity index (χ1n) is 5.41. The highest BCUT2D eigenvalue weighted by Gasteiger charge is 2.61. The predicted octanol–water partition coefficient (Wildman–Crippen LogP) is 3.89. The lowest BCUT2D eigenvalue weighted by molar-refractivity contribution is -0.308. The number of hydrogen-bond acceptors (Lipinski definition) is 2. The molecule has 116 valence electrons. The van der Waals surface area contributed by atoms with Gasteiger partial charge >= 0.3 is 12.4 Å². The molecule has 0 aromatic carbocycles. The smallest absolute Gasteiger partial charge is 0.386 e. The second-order valence-electron chi connectivity index (χ2n) is 4.42. The quantitative estimate of drug-likeness (QED) is 0.857. The third kappa shape index (κ3) is 3.38. The highest BCUT2D eigenvalue weighted by molar-refractivity contribution is 6.31. The summed E-state index contributed by atoms with van der Waals surface area (Å²) in [6, 6.07) is -0.561. The summed E-state index contributed by atoms with van der Waals surface area (Å²) in [4.78, 5) is 0. The Hall–Kier alpha value is -0.960. The Bertz CT molecular complexity index is 453. The third-order valence-electron chi connectivity index (χ3n) is 2.58. The van der Waals surface area contributed by atoms with E-state index in [4.69, 9.17) is 11.6 Å². The van der Waals surface area contributed by atoms with Crippen molar-refractivity contribution in [2.45, 2.75) is 38.3 Å². The largest absolute Gasteiger partial charge is 0.403 e. The predicted molar refractivity (Wildman–Crippen MR) is 58.2 cm³/mol. The van der Waals surface area contributed by atoms with Crippen LogP contribution in [-0.4, -0.2) is 27.2 Å². The van der Waals surface area contributed by atoms with Gasteiger partial charge in [-0.25, -0.2) is 0 Å². The maximum absolute atomic E-state index is 12.6. The molecule has 1 heterocycles. The van der Waals surface area contributed by atoms with Gasteiger partial charge in [0.2, 0.25) is 0 Å². The minimum Gasteiger partial charge on any atom is -0.386 e. The van der Waals surface area contributed by atoms with E-state index in [0.29, 0.717) is 0 Å². The van der Waals surface area contributed by atoms with Crippen LogP contribution in [0.4, 0.5) is 26.3 Å². The average Bonchev–Trinajstić information content (AvgIpc) is 2.55. The fraction of sp³-hybridized carbons (Fsp3) is 0.700. The van der Waals surface area contributed by atoms with E-state index in [9.17, 15) is 31.4 Å². The zero-order chi connectivity index (χ0) is 15.9. The van der Waals surface area contributed by atoms with Crippen LogP contribution in [0.5, 0.6) is 0 Å². The Morgan fingerprint density at radius 1 is 1.15 bits per heavy atom. The van der Waals surface area contributed by atoms with Gasteiger partial charge in [0.15, 0.2) is 5.92 Å². The van der Waals surface area contributed by atoms with Crippen molar-refractivity contribution in [2.75, 3.05) is 0 Å². The molecule has 0 aliphatic rings. The van der Waals surface area contributed by atoms with Crippen molar-refractivity contribution < 1.29 is 31.4 Å². The Labute approximate surface area is 115 Å².